The lowest BCUT2D eigenvalue weighted by atomic mass is 10.3. The molecule has 1 aromatic carbocycles. The van der Waals surface area contributed by atoms with Gasteiger partial charge < -0.3 is 10.4 Å². The fourth-order valence-corrected chi connectivity index (χ4v) is 2.08. The van der Waals surface area contributed by atoms with Crippen molar-refractivity contribution >= 4 is 22.9 Å². The average Bonchev–Trinajstić information content (AvgIpc) is 2.68. The van der Waals surface area contributed by atoms with E-state index in [-0.39, 0.29) is 11.7 Å². The average molecular weight is 233 g/mol. The Balaban J connectivity index is 2.17. The number of phenolic OH excluding ortho intramolecular Hbond substituents is 1. The molecule has 1 aromatic heterocycles. The smallest absolute Gasteiger partial charge is 0.265 e. The van der Waals surface area contributed by atoms with Gasteiger partial charge in [0.25, 0.3) is 5.91 Å². The molecule has 0 aliphatic carbocycles. The van der Waals surface area contributed by atoms with Crippen LogP contribution < -0.4 is 5.32 Å². The van der Waals surface area contributed by atoms with Gasteiger partial charge in [-0.25, -0.2) is 0 Å². The Labute approximate surface area is 97.4 Å². The largest absolute Gasteiger partial charge is 0.506 e. The molecule has 82 valence electrons. The summed E-state index contributed by atoms with van der Waals surface area (Å²) in [5.74, 6) is -0.122. The highest BCUT2D eigenvalue weighted by Gasteiger charge is 2.09. The lowest BCUT2D eigenvalue weighted by Gasteiger charge is -2.04. The number of hydrogen-bond donors (Lipinski definition) is 2. The van der Waals surface area contributed by atoms with Crippen LogP contribution in [-0.4, -0.2) is 11.0 Å². The van der Waals surface area contributed by atoms with Crippen LogP contribution >= 0.6 is 11.3 Å². The number of rotatable bonds is 2. The molecule has 0 spiro atoms. The number of aryl methyl sites for hydroxylation is 1. The summed E-state index contributed by atoms with van der Waals surface area (Å²) in [5, 5.41) is 12.2. The predicted molar refractivity (Wildman–Crippen MR) is 65.1 cm³/mol. The Kier molecular flexibility index (Phi) is 2.92. The van der Waals surface area contributed by atoms with Gasteiger partial charge in [0.2, 0.25) is 0 Å². The number of anilines is 1. The highest BCUT2D eigenvalue weighted by molar-refractivity contribution is 7.14. The van der Waals surface area contributed by atoms with Crippen LogP contribution in [-0.2, 0) is 0 Å². The van der Waals surface area contributed by atoms with Gasteiger partial charge in [-0.15, -0.1) is 11.3 Å². The van der Waals surface area contributed by atoms with E-state index >= 15 is 0 Å². The van der Waals surface area contributed by atoms with Gasteiger partial charge >= 0.3 is 0 Å². The minimum atomic E-state index is -0.195. The standard InChI is InChI=1S/C12H11NO2S/c1-8-6-7-11(16-8)12(15)13-9-4-2-3-5-10(9)14/h2-7,14H,1H3,(H,13,15). The molecular weight excluding hydrogens is 222 g/mol. The molecule has 0 aliphatic rings. The van der Waals surface area contributed by atoms with E-state index in [1.807, 2.05) is 13.0 Å². The number of thiophene rings is 1. The Morgan fingerprint density at radius 2 is 2.00 bits per heavy atom. The van der Waals surface area contributed by atoms with Gasteiger partial charge in [-0.3, -0.25) is 4.79 Å². The molecule has 0 bridgehead atoms. The van der Waals surface area contributed by atoms with E-state index in [0.29, 0.717) is 10.6 Å². The molecular formula is C12H11NO2S. The first-order valence-electron chi connectivity index (χ1n) is 4.82. The van der Waals surface area contributed by atoms with Crippen molar-refractivity contribution in [3.8, 4) is 5.75 Å². The van der Waals surface area contributed by atoms with E-state index in [4.69, 9.17) is 0 Å². The zero-order chi connectivity index (χ0) is 11.5. The second-order valence-electron chi connectivity index (χ2n) is 3.38. The van der Waals surface area contributed by atoms with E-state index in [0.717, 1.165) is 4.88 Å². The van der Waals surface area contributed by atoms with Crippen molar-refractivity contribution in [1.82, 2.24) is 0 Å². The highest BCUT2D eigenvalue weighted by Crippen LogP contribution is 2.23. The number of carbonyl (C=O) groups excluding carboxylic acids is 1. The van der Waals surface area contributed by atoms with Crippen LogP contribution in [0.3, 0.4) is 0 Å². The summed E-state index contributed by atoms with van der Waals surface area (Å²) in [5.41, 5.74) is 0.429. The second-order valence-corrected chi connectivity index (χ2v) is 4.67. The van der Waals surface area contributed by atoms with Crippen LogP contribution in [0, 0.1) is 6.92 Å². The lowest BCUT2D eigenvalue weighted by Crippen LogP contribution is -2.09. The zero-order valence-corrected chi connectivity index (χ0v) is 9.54. The van der Waals surface area contributed by atoms with Crippen molar-refractivity contribution in [1.29, 1.82) is 0 Å². The summed E-state index contributed by atoms with van der Waals surface area (Å²) in [7, 11) is 0. The second kappa shape index (κ2) is 4.37. The van der Waals surface area contributed by atoms with Gasteiger partial charge in [0, 0.05) is 4.88 Å². The first-order chi connectivity index (χ1) is 7.66. The Bertz CT molecular complexity index is 519. The molecule has 1 heterocycles. The van der Waals surface area contributed by atoms with Crippen molar-refractivity contribution in [2.75, 3.05) is 5.32 Å². The molecule has 0 saturated heterocycles. The van der Waals surface area contributed by atoms with Crippen molar-refractivity contribution < 1.29 is 9.90 Å². The summed E-state index contributed by atoms with van der Waals surface area (Å²) in [4.78, 5) is 13.5. The quantitative estimate of drug-likeness (QED) is 0.783. The highest BCUT2D eigenvalue weighted by atomic mass is 32.1. The maximum Gasteiger partial charge on any atom is 0.265 e. The van der Waals surface area contributed by atoms with Crippen molar-refractivity contribution in [2.45, 2.75) is 6.92 Å². The fourth-order valence-electron chi connectivity index (χ4n) is 1.32. The topological polar surface area (TPSA) is 49.3 Å². The molecule has 3 nitrogen and oxygen atoms in total. The molecule has 2 N–H and O–H groups in total. The van der Waals surface area contributed by atoms with Gasteiger partial charge in [0.1, 0.15) is 5.75 Å². The third kappa shape index (κ3) is 2.23. The molecule has 0 radical (unpaired) electrons. The molecule has 2 rings (SSSR count). The van der Waals surface area contributed by atoms with E-state index in [1.54, 1.807) is 24.3 Å². The molecule has 0 atom stereocenters. The fraction of sp³-hybridized carbons (Fsp3) is 0.0833. The summed E-state index contributed by atoms with van der Waals surface area (Å²) in [6.07, 6.45) is 0. The Hall–Kier alpha value is -1.81. The van der Waals surface area contributed by atoms with E-state index in [9.17, 15) is 9.90 Å². The monoisotopic (exact) mass is 233 g/mol. The number of phenols is 1. The van der Waals surface area contributed by atoms with Crippen molar-refractivity contribution in [3.63, 3.8) is 0 Å². The SMILES string of the molecule is Cc1ccc(C(=O)Nc2ccccc2O)s1. The summed E-state index contributed by atoms with van der Waals surface area (Å²) in [6, 6.07) is 10.3. The summed E-state index contributed by atoms with van der Waals surface area (Å²) < 4.78 is 0. The van der Waals surface area contributed by atoms with E-state index in [2.05, 4.69) is 5.32 Å². The summed E-state index contributed by atoms with van der Waals surface area (Å²) >= 11 is 1.43. The Morgan fingerprint density at radius 1 is 1.25 bits per heavy atom. The predicted octanol–water partition coefficient (Wildman–Crippen LogP) is 3.01. The van der Waals surface area contributed by atoms with Crippen molar-refractivity contribution in [3.05, 3.63) is 46.2 Å². The van der Waals surface area contributed by atoms with Crippen LogP contribution in [0.2, 0.25) is 0 Å². The molecule has 0 saturated carbocycles. The van der Waals surface area contributed by atoms with Crippen molar-refractivity contribution in [2.24, 2.45) is 0 Å². The molecule has 0 unspecified atom stereocenters. The number of benzene rings is 1. The third-order valence-electron chi connectivity index (χ3n) is 2.12. The Morgan fingerprint density at radius 3 is 2.62 bits per heavy atom. The van der Waals surface area contributed by atoms with Crippen LogP contribution in [0.25, 0.3) is 0 Å². The van der Waals surface area contributed by atoms with Crippen LogP contribution in [0.5, 0.6) is 5.75 Å². The number of nitrogens with one attached hydrogen (secondary N) is 1. The first-order valence-corrected chi connectivity index (χ1v) is 5.64. The normalized spacial score (nSPS) is 10.1. The first kappa shape index (κ1) is 10.7. The van der Waals surface area contributed by atoms with Gasteiger partial charge in [-0.1, -0.05) is 12.1 Å². The zero-order valence-electron chi connectivity index (χ0n) is 8.73. The lowest BCUT2D eigenvalue weighted by molar-refractivity contribution is 0.103. The molecule has 16 heavy (non-hydrogen) atoms. The number of carbonyl (C=O) groups is 1. The maximum atomic E-state index is 11.8. The number of amides is 1. The van der Waals surface area contributed by atoms with E-state index in [1.165, 1.54) is 17.4 Å². The molecule has 4 heteroatoms. The van der Waals surface area contributed by atoms with Crippen LogP contribution in [0.4, 0.5) is 5.69 Å². The van der Waals surface area contributed by atoms with Gasteiger partial charge in [-0.05, 0) is 31.2 Å². The van der Waals surface area contributed by atoms with Crippen LogP contribution in [0.15, 0.2) is 36.4 Å². The minimum absolute atomic E-state index is 0.0733. The maximum absolute atomic E-state index is 11.8. The minimum Gasteiger partial charge on any atom is -0.506 e. The molecule has 1 amide bonds. The third-order valence-corrected chi connectivity index (χ3v) is 3.12. The molecule has 0 aliphatic heterocycles. The molecule has 2 aromatic rings. The van der Waals surface area contributed by atoms with Gasteiger partial charge in [-0.2, -0.15) is 0 Å². The van der Waals surface area contributed by atoms with Gasteiger partial charge in [0.05, 0.1) is 10.6 Å². The van der Waals surface area contributed by atoms with Crippen LogP contribution in [0.1, 0.15) is 14.5 Å². The summed E-state index contributed by atoms with van der Waals surface area (Å²) in [6.45, 7) is 1.95. The molecule has 0 fully saturated rings. The number of aromatic hydroxyl groups is 1. The number of hydrogen-bond acceptors (Lipinski definition) is 3. The van der Waals surface area contributed by atoms with Gasteiger partial charge in [0.15, 0.2) is 0 Å². The van der Waals surface area contributed by atoms with E-state index < -0.39 is 0 Å². The number of para-hydroxylation sites is 2.